The van der Waals surface area contributed by atoms with E-state index in [1.807, 2.05) is 43.3 Å². The van der Waals surface area contributed by atoms with E-state index in [2.05, 4.69) is 14.8 Å². The minimum Gasteiger partial charge on any atom is -0.466 e. The molecule has 0 radical (unpaired) electrons. The summed E-state index contributed by atoms with van der Waals surface area (Å²) < 4.78 is 45.5. The topological polar surface area (TPSA) is 45.7 Å². The maximum atomic E-state index is 13.4. The Labute approximate surface area is 228 Å². The number of benzene rings is 2. The summed E-state index contributed by atoms with van der Waals surface area (Å²) in [6, 6.07) is 18.8. The molecule has 8 heteroatoms. The summed E-state index contributed by atoms with van der Waals surface area (Å²) >= 11 is 0. The van der Waals surface area contributed by atoms with Gasteiger partial charge in [0.25, 0.3) is 0 Å². The first kappa shape index (κ1) is 28.8. The van der Waals surface area contributed by atoms with Crippen LogP contribution < -0.4 is 0 Å². The SMILES string of the molecule is CCOC(=O)CC1CN(Cc2ccncc2)CCN1Cc1ccc(-c2ccc(C(C)(C)C(F)(F)F)cc2)cc1. The summed E-state index contributed by atoms with van der Waals surface area (Å²) in [5.74, 6) is -0.189. The number of carbonyl (C=O) groups excluding carboxylic acids is 1. The monoisotopic (exact) mass is 539 g/mol. The molecular formula is C31H36F3N3O2. The molecule has 2 heterocycles. The zero-order valence-electron chi connectivity index (χ0n) is 22.7. The molecule has 4 rings (SSSR count). The number of nitrogens with zero attached hydrogens (tertiary/aromatic N) is 3. The van der Waals surface area contributed by atoms with Gasteiger partial charge < -0.3 is 4.74 Å². The molecule has 5 nitrogen and oxygen atoms in total. The van der Waals surface area contributed by atoms with Crippen molar-refractivity contribution in [2.75, 3.05) is 26.2 Å². The lowest BCUT2D eigenvalue weighted by Gasteiger charge is -2.41. The lowest BCUT2D eigenvalue weighted by Crippen LogP contribution is -2.53. The van der Waals surface area contributed by atoms with Crippen LogP contribution in [-0.2, 0) is 28.0 Å². The predicted octanol–water partition coefficient (Wildman–Crippen LogP) is 6.23. The van der Waals surface area contributed by atoms with Crippen molar-refractivity contribution in [1.82, 2.24) is 14.8 Å². The fourth-order valence-electron chi connectivity index (χ4n) is 4.94. The molecule has 1 saturated heterocycles. The van der Waals surface area contributed by atoms with Gasteiger partial charge in [-0.2, -0.15) is 13.2 Å². The van der Waals surface area contributed by atoms with Crippen molar-refractivity contribution in [3.63, 3.8) is 0 Å². The second-order valence-electron chi connectivity index (χ2n) is 10.6. The number of carbonyl (C=O) groups is 1. The normalized spacial score (nSPS) is 17.2. The third kappa shape index (κ3) is 7.25. The molecule has 0 bridgehead atoms. The van der Waals surface area contributed by atoms with Crippen LogP contribution in [-0.4, -0.2) is 59.2 Å². The van der Waals surface area contributed by atoms with Crippen molar-refractivity contribution in [2.45, 2.75) is 57.9 Å². The first-order chi connectivity index (χ1) is 18.6. The summed E-state index contributed by atoms with van der Waals surface area (Å²) in [4.78, 5) is 21.2. The fourth-order valence-corrected chi connectivity index (χ4v) is 4.94. The van der Waals surface area contributed by atoms with Gasteiger partial charge in [0.05, 0.1) is 18.4 Å². The molecule has 0 amide bonds. The van der Waals surface area contributed by atoms with E-state index in [9.17, 15) is 18.0 Å². The zero-order chi connectivity index (χ0) is 28.0. The first-order valence-corrected chi connectivity index (χ1v) is 13.3. The van der Waals surface area contributed by atoms with Gasteiger partial charge in [0.2, 0.25) is 0 Å². The average molecular weight is 540 g/mol. The second-order valence-corrected chi connectivity index (χ2v) is 10.6. The predicted molar refractivity (Wildman–Crippen MR) is 146 cm³/mol. The Morgan fingerprint density at radius 2 is 1.49 bits per heavy atom. The number of hydrogen-bond donors (Lipinski definition) is 0. The molecule has 0 aliphatic carbocycles. The molecule has 1 aromatic heterocycles. The lowest BCUT2D eigenvalue weighted by molar-refractivity contribution is -0.180. The maximum Gasteiger partial charge on any atom is 0.397 e. The number of hydrogen-bond acceptors (Lipinski definition) is 5. The Balaban J connectivity index is 1.43. The molecule has 1 aliphatic heterocycles. The van der Waals surface area contributed by atoms with Crippen LogP contribution in [0.4, 0.5) is 13.2 Å². The zero-order valence-corrected chi connectivity index (χ0v) is 22.7. The van der Waals surface area contributed by atoms with Crippen molar-refractivity contribution >= 4 is 5.97 Å². The standard InChI is InChI=1S/C31H36F3N3O2/c1-4-39-29(38)19-28-22-36(20-24-13-15-35-16-14-24)17-18-37(28)21-23-5-7-25(8-6-23)26-9-11-27(12-10-26)30(2,3)31(32,33)34/h5-16,28H,4,17-22H2,1-3H3. The van der Waals surface area contributed by atoms with Crippen molar-refractivity contribution in [1.29, 1.82) is 0 Å². The summed E-state index contributed by atoms with van der Waals surface area (Å²) in [5.41, 5.74) is 2.46. The van der Waals surface area contributed by atoms with Crippen LogP contribution in [0, 0.1) is 0 Å². The van der Waals surface area contributed by atoms with Crippen LogP contribution in [0.5, 0.6) is 0 Å². The van der Waals surface area contributed by atoms with Gasteiger partial charge in [0.1, 0.15) is 0 Å². The van der Waals surface area contributed by atoms with E-state index in [4.69, 9.17) is 4.74 Å². The number of alkyl halides is 3. The minimum atomic E-state index is -4.31. The summed E-state index contributed by atoms with van der Waals surface area (Å²) in [6.07, 6.45) is -0.392. The molecule has 39 heavy (non-hydrogen) atoms. The van der Waals surface area contributed by atoms with Gasteiger partial charge in [-0.3, -0.25) is 19.6 Å². The van der Waals surface area contributed by atoms with E-state index in [1.54, 1.807) is 36.7 Å². The van der Waals surface area contributed by atoms with Crippen LogP contribution in [0.1, 0.15) is 43.9 Å². The highest BCUT2D eigenvalue weighted by atomic mass is 19.4. The van der Waals surface area contributed by atoms with Gasteiger partial charge in [-0.15, -0.1) is 0 Å². The molecule has 0 spiro atoms. The fraction of sp³-hybridized carbons (Fsp3) is 0.419. The van der Waals surface area contributed by atoms with Gasteiger partial charge in [0, 0.05) is 51.2 Å². The molecule has 1 atom stereocenters. The quantitative estimate of drug-likeness (QED) is 0.302. The maximum absolute atomic E-state index is 13.4. The average Bonchev–Trinajstić information content (AvgIpc) is 2.91. The van der Waals surface area contributed by atoms with E-state index in [-0.39, 0.29) is 17.6 Å². The largest absolute Gasteiger partial charge is 0.466 e. The number of rotatable bonds is 9. The van der Waals surface area contributed by atoms with Gasteiger partial charge >= 0.3 is 12.1 Å². The number of esters is 1. The molecule has 1 aliphatic rings. The highest BCUT2D eigenvalue weighted by Gasteiger charge is 2.48. The number of pyridine rings is 1. The van der Waals surface area contributed by atoms with Crippen LogP contribution in [0.2, 0.25) is 0 Å². The van der Waals surface area contributed by atoms with E-state index in [0.29, 0.717) is 19.6 Å². The first-order valence-electron chi connectivity index (χ1n) is 13.3. The van der Waals surface area contributed by atoms with Crippen molar-refractivity contribution in [3.8, 4) is 11.1 Å². The number of halogens is 3. The van der Waals surface area contributed by atoms with Crippen molar-refractivity contribution < 1.29 is 22.7 Å². The third-order valence-corrected chi connectivity index (χ3v) is 7.54. The summed E-state index contributed by atoms with van der Waals surface area (Å²) in [5, 5.41) is 0. The third-order valence-electron chi connectivity index (χ3n) is 7.54. The summed E-state index contributed by atoms with van der Waals surface area (Å²) in [7, 11) is 0. The molecule has 3 aromatic rings. The second kappa shape index (κ2) is 12.3. The molecule has 2 aromatic carbocycles. The van der Waals surface area contributed by atoms with Crippen molar-refractivity contribution in [3.05, 3.63) is 89.7 Å². The Bertz CT molecular complexity index is 1210. The summed E-state index contributed by atoms with van der Waals surface area (Å²) in [6.45, 7) is 8.57. The van der Waals surface area contributed by atoms with E-state index < -0.39 is 11.6 Å². The van der Waals surface area contributed by atoms with E-state index in [0.717, 1.165) is 42.9 Å². The van der Waals surface area contributed by atoms with Gasteiger partial charge in [-0.25, -0.2) is 0 Å². The van der Waals surface area contributed by atoms with Crippen LogP contribution >= 0.6 is 0 Å². The Morgan fingerprint density at radius 3 is 2.08 bits per heavy atom. The highest BCUT2D eigenvalue weighted by Crippen LogP contribution is 2.40. The number of ether oxygens (including phenoxy) is 1. The van der Waals surface area contributed by atoms with Crippen LogP contribution in [0.3, 0.4) is 0 Å². The number of aromatic nitrogens is 1. The van der Waals surface area contributed by atoms with Crippen LogP contribution in [0.25, 0.3) is 11.1 Å². The van der Waals surface area contributed by atoms with Gasteiger partial charge in [-0.05, 0) is 60.7 Å². The highest BCUT2D eigenvalue weighted by molar-refractivity contribution is 5.70. The Morgan fingerprint density at radius 1 is 0.897 bits per heavy atom. The molecule has 1 unspecified atom stereocenters. The molecule has 208 valence electrons. The smallest absolute Gasteiger partial charge is 0.397 e. The Kier molecular flexibility index (Phi) is 9.08. The lowest BCUT2D eigenvalue weighted by atomic mass is 9.83. The van der Waals surface area contributed by atoms with E-state index >= 15 is 0 Å². The molecule has 0 N–H and O–H groups in total. The molecule has 1 fully saturated rings. The molecular weight excluding hydrogens is 503 g/mol. The minimum absolute atomic E-state index is 0.0313. The van der Waals surface area contributed by atoms with Gasteiger partial charge in [0.15, 0.2) is 0 Å². The van der Waals surface area contributed by atoms with E-state index in [1.165, 1.54) is 19.4 Å². The Hall–Kier alpha value is -3.23. The van der Waals surface area contributed by atoms with Crippen molar-refractivity contribution in [2.24, 2.45) is 0 Å². The number of piperazine rings is 1. The van der Waals surface area contributed by atoms with Crippen LogP contribution in [0.15, 0.2) is 73.1 Å². The molecule has 0 saturated carbocycles. The van der Waals surface area contributed by atoms with Gasteiger partial charge in [-0.1, -0.05) is 48.5 Å².